The Labute approximate surface area is 93.2 Å². The first-order valence-electron chi connectivity index (χ1n) is 4.10. The number of fused-ring (bicyclic) bond motifs is 1. The van der Waals surface area contributed by atoms with Crippen molar-refractivity contribution in [3.8, 4) is 5.88 Å². The molecular formula is C8H7BrN4O2. The van der Waals surface area contributed by atoms with Gasteiger partial charge in [-0.2, -0.15) is 5.10 Å². The molecule has 2 N–H and O–H groups in total. The van der Waals surface area contributed by atoms with Gasteiger partial charge in [0.1, 0.15) is 10.1 Å². The van der Waals surface area contributed by atoms with Crippen molar-refractivity contribution in [2.24, 2.45) is 0 Å². The molecule has 0 aliphatic heterocycles. The van der Waals surface area contributed by atoms with Crippen LogP contribution in [0.25, 0.3) is 10.9 Å². The molecule has 0 saturated heterocycles. The van der Waals surface area contributed by atoms with E-state index in [1.807, 2.05) is 0 Å². The van der Waals surface area contributed by atoms with Crippen molar-refractivity contribution in [3.05, 3.63) is 16.9 Å². The lowest BCUT2D eigenvalue weighted by Crippen LogP contribution is -2.22. The van der Waals surface area contributed by atoms with Crippen LogP contribution in [0.4, 0.5) is 4.79 Å². The van der Waals surface area contributed by atoms with E-state index in [0.717, 1.165) is 9.99 Å². The van der Waals surface area contributed by atoms with Gasteiger partial charge in [0.05, 0.1) is 5.39 Å². The van der Waals surface area contributed by atoms with Crippen molar-refractivity contribution in [1.82, 2.24) is 20.5 Å². The molecule has 1 amide bonds. The average Bonchev–Trinajstić information content (AvgIpc) is 2.60. The Balaban J connectivity index is 2.35. The van der Waals surface area contributed by atoms with Gasteiger partial charge in [-0.3, -0.25) is 5.10 Å². The number of carbonyl (C=O) groups is 1. The first kappa shape index (κ1) is 9.91. The molecule has 2 rings (SSSR count). The summed E-state index contributed by atoms with van der Waals surface area (Å²) in [7, 11) is 1.48. The van der Waals surface area contributed by atoms with Gasteiger partial charge in [-0.05, 0) is 15.9 Å². The molecular weight excluding hydrogens is 264 g/mol. The minimum atomic E-state index is -0.559. The number of amides is 1. The highest BCUT2D eigenvalue weighted by Crippen LogP contribution is 2.22. The van der Waals surface area contributed by atoms with Crippen LogP contribution >= 0.6 is 15.9 Å². The highest BCUT2D eigenvalue weighted by atomic mass is 79.9. The molecule has 0 radical (unpaired) electrons. The van der Waals surface area contributed by atoms with Gasteiger partial charge in [0.25, 0.3) is 0 Å². The van der Waals surface area contributed by atoms with Gasteiger partial charge in [0, 0.05) is 19.3 Å². The number of pyridine rings is 1. The number of rotatable bonds is 1. The maximum atomic E-state index is 10.9. The van der Waals surface area contributed by atoms with Crippen LogP contribution in [0.3, 0.4) is 0 Å². The van der Waals surface area contributed by atoms with Crippen molar-refractivity contribution in [2.75, 3.05) is 7.05 Å². The predicted molar refractivity (Wildman–Crippen MR) is 56.7 cm³/mol. The Morgan fingerprint density at radius 1 is 1.67 bits per heavy atom. The summed E-state index contributed by atoms with van der Waals surface area (Å²) >= 11 is 3.28. The van der Waals surface area contributed by atoms with Crippen LogP contribution in [0.2, 0.25) is 0 Å². The summed E-state index contributed by atoms with van der Waals surface area (Å²) in [6.45, 7) is 0. The van der Waals surface area contributed by atoms with Crippen LogP contribution in [-0.2, 0) is 0 Å². The van der Waals surface area contributed by atoms with Crippen molar-refractivity contribution < 1.29 is 9.53 Å². The molecule has 7 heteroatoms. The maximum Gasteiger partial charge on any atom is 0.413 e. The van der Waals surface area contributed by atoms with E-state index in [9.17, 15) is 4.79 Å². The van der Waals surface area contributed by atoms with E-state index in [4.69, 9.17) is 4.74 Å². The largest absolute Gasteiger partial charge is 0.413 e. The predicted octanol–water partition coefficient (Wildman–Crippen LogP) is 1.44. The molecule has 78 valence electrons. The summed E-state index contributed by atoms with van der Waals surface area (Å²) in [5.41, 5.74) is 0.677. The number of hydrogen-bond acceptors (Lipinski definition) is 4. The van der Waals surface area contributed by atoms with E-state index < -0.39 is 6.09 Å². The van der Waals surface area contributed by atoms with Crippen molar-refractivity contribution in [1.29, 1.82) is 0 Å². The molecule has 0 aliphatic carbocycles. The fourth-order valence-corrected chi connectivity index (χ4v) is 1.45. The van der Waals surface area contributed by atoms with Crippen LogP contribution in [0.1, 0.15) is 0 Å². The molecule has 0 aromatic carbocycles. The second-order valence-corrected chi connectivity index (χ2v) is 3.51. The number of aromatic amines is 1. The first-order valence-corrected chi connectivity index (χ1v) is 4.89. The SMILES string of the molecule is CNC(=O)Oc1cc2n[nH]c(Br)c2cn1. The van der Waals surface area contributed by atoms with E-state index >= 15 is 0 Å². The minimum absolute atomic E-state index is 0.209. The number of ether oxygens (including phenoxy) is 1. The fourth-order valence-electron chi connectivity index (χ4n) is 1.06. The number of aromatic nitrogens is 3. The quantitative estimate of drug-likeness (QED) is 0.822. The number of nitrogens with zero attached hydrogens (tertiary/aromatic N) is 2. The van der Waals surface area contributed by atoms with E-state index in [1.165, 1.54) is 7.05 Å². The molecule has 0 aliphatic rings. The van der Waals surface area contributed by atoms with Gasteiger partial charge < -0.3 is 10.1 Å². The van der Waals surface area contributed by atoms with Crippen molar-refractivity contribution >= 4 is 32.9 Å². The van der Waals surface area contributed by atoms with Crippen LogP contribution in [0.15, 0.2) is 16.9 Å². The number of hydrogen-bond donors (Lipinski definition) is 2. The molecule has 2 aromatic heterocycles. The Hall–Kier alpha value is -1.63. The maximum absolute atomic E-state index is 10.9. The number of carbonyl (C=O) groups excluding carboxylic acids is 1. The summed E-state index contributed by atoms with van der Waals surface area (Å²) in [4.78, 5) is 14.9. The van der Waals surface area contributed by atoms with Crippen LogP contribution in [0.5, 0.6) is 5.88 Å². The first-order chi connectivity index (χ1) is 7.20. The summed E-state index contributed by atoms with van der Waals surface area (Å²) in [6.07, 6.45) is 1.01. The number of halogens is 1. The van der Waals surface area contributed by atoms with Crippen LogP contribution in [-0.4, -0.2) is 28.3 Å². The van der Waals surface area contributed by atoms with E-state index in [-0.39, 0.29) is 5.88 Å². The number of nitrogens with one attached hydrogen (secondary N) is 2. The molecule has 15 heavy (non-hydrogen) atoms. The topological polar surface area (TPSA) is 79.9 Å². The van der Waals surface area contributed by atoms with Gasteiger partial charge in [-0.1, -0.05) is 0 Å². The third-order valence-electron chi connectivity index (χ3n) is 1.77. The Kier molecular flexibility index (Phi) is 2.55. The molecule has 2 heterocycles. The van der Waals surface area contributed by atoms with Gasteiger partial charge >= 0.3 is 6.09 Å². The average molecular weight is 271 g/mol. The van der Waals surface area contributed by atoms with Gasteiger partial charge in [0.15, 0.2) is 0 Å². The monoisotopic (exact) mass is 270 g/mol. The molecule has 0 atom stereocenters. The zero-order chi connectivity index (χ0) is 10.8. The standard InChI is InChI=1S/C8H7BrN4O2/c1-10-8(14)15-6-2-5-4(3-11-6)7(9)13-12-5/h2-3H,1H3,(H,10,14)(H,12,13). The molecule has 6 nitrogen and oxygen atoms in total. The zero-order valence-electron chi connectivity index (χ0n) is 7.74. The van der Waals surface area contributed by atoms with Gasteiger partial charge in [-0.15, -0.1) is 0 Å². The van der Waals surface area contributed by atoms with E-state index in [2.05, 4.69) is 36.4 Å². The summed E-state index contributed by atoms with van der Waals surface area (Å²) in [6, 6.07) is 1.58. The van der Waals surface area contributed by atoms with Gasteiger partial charge in [-0.25, -0.2) is 9.78 Å². The molecule has 0 unspecified atom stereocenters. The Bertz CT molecular complexity index is 510. The highest BCUT2D eigenvalue weighted by Gasteiger charge is 2.07. The molecule has 0 fully saturated rings. The Morgan fingerprint density at radius 2 is 2.47 bits per heavy atom. The summed E-state index contributed by atoms with van der Waals surface area (Å²) in [5, 5.41) is 9.89. The Morgan fingerprint density at radius 3 is 3.20 bits per heavy atom. The van der Waals surface area contributed by atoms with Crippen molar-refractivity contribution in [2.45, 2.75) is 0 Å². The van der Waals surface area contributed by atoms with Crippen molar-refractivity contribution in [3.63, 3.8) is 0 Å². The lowest BCUT2D eigenvalue weighted by Gasteiger charge is -2.00. The van der Waals surface area contributed by atoms with Gasteiger partial charge in [0.2, 0.25) is 5.88 Å². The smallest absolute Gasteiger partial charge is 0.391 e. The number of H-pyrrole nitrogens is 1. The molecule has 2 aromatic rings. The van der Waals surface area contributed by atoms with Crippen LogP contribution < -0.4 is 10.1 Å². The van der Waals surface area contributed by atoms with E-state index in [0.29, 0.717) is 5.52 Å². The summed E-state index contributed by atoms with van der Waals surface area (Å²) < 4.78 is 5.60. The third-order valence-corrected chi connectivity index (χ3v) is 2.37. The fraction of sp³-hybridized carbons (Fsp3) is 0.125. The van der Waals surface area contributed by atoms with Crippen LogP contribution in [0, 0.1) is 0 Å². The normalized spacial score (nSPS) is 10.3. The second-order valence-electron chi connectivity index (χ2n) is 2.72. The van der Waals surface area contributed by atoms with E-state index in [1.54, 1.807) is 12.3 Å². The lowest BCUT2D eigenvalue weighted by atomic mass is 10.3. The lowest BCUT2D eigenvalue weighted by molar-refractivity contribution is 0.201. The molecule has 0 spiro atoms. The summed E-state index contributed by atoms with van der Waals surface area (Å²) in [5.74, 6) is 0.209. The second kappa shape index (κ2) is 3.85. The molecule has 0 bridgehead atoms. The third kappa shape index (κ3) is 1.91. The minimum Gasteiger partial charge on any atom is -0.391 e. The zero-order valence-corrected chi connectivity index (χ0v) is 9.33. The molecule has 0 saturated carbocycles. The highest BCUT2D eigenvalue weighted by molar-refractivity contribution is 9.10.